The van der Waals surface area contributed by atoms with Crippen LogP contribution in [-0.2, 0) is 18.4 Å². The highest BCUT2D eigenvalue weighted by Crippen LogP contribution is 2.40. The van der Waals surface area contributed by atoms with Gasteiger partial charge in [0.1, 0.15) is 6.10 Å². The maximum absolute atomic E-state index is 12.5. The first-order chi connectivity index (χ1) is 19.7. The van der Waals surface area contributed by atoms with E-state index < -0.39 is 20.2 Å². The van der Waals surface area contributed by atoms with Gasteiger partial charge in [0.15, 0.2) is 6.23 Å². The van der Waals surface area contributed by atoms with Crippen LogP contribution < -0.4 is 10.2 Å². The molecule has 42 heavy (non-hydrogen) atoms. The van der Waals surface area contributed by atoms with E-state index >= 15 is 0 Å². The Balaban J connectivity index is 0. The van der Waals surface area contributed by atoms with Gasteiger partial charge in [0.2, 0.25) is 5.91 Å². The number of likely N-dealkylation sites (N-methyl/N-ethyl adjacent to an activating group) is 1. The van der Waals surface area contributed by atoms with Gasteiger partial charge in [-0.05, 0) is 33.4 Å². The van der Waals surface area contributed by atoms with Gasteiger partial charge in [0.25, 0.3) is 7.82 Å². The van der Waals surface area contributed by atoms with Crippen molar-refractivity contribution in [2.75, 3.05) is 27.2 Å². The molecule has 0 aliphatic carbocycles. The quantitative estimate of drug-likeness (QED) is 0.0360. The fraction of sp³-hybridized carbons (Fsp3) is 0.909. The standard InChI is InChI=1S/C32H65N2O6P.CH4/c1-5-7-9-11-13-14-15-16-17-18-19-21-22-24-26-30(35)32(40-41(37,38)39-29-28-34(3)4)33-31(36)27-25-23-20-12-10-8-6-2;/h24,26,30,32,35H,5-23,25,27-29H2,1-4H3,(H,33,36)(H,37,38);1H4/p-1/b26-24-;. The van der Waals surface area contributed by atoms with Gasteiger partial charge < -0.3 is 24.7 Å². The molecule has 252 valence electrons. The van der Waals surface area contributed by atoms with Gasteiger partial charge in [-0.1, -0.05) is 143 Å². The number of hydrogen-bond donors (Lipinski definition) is 2. The molecule has 3 unspecified atom stereocenters. The first-order valence-electron chi connectivity index (χ1n) is 16.6. The molecule has 0 radical (unpaired) electrons. The zero-order valence-electron chi connectivity index (χ0n) is 27.0. The van der Waals surface area contributed by atoms with Crippen molar-refractivity contribution in [3.05, 3.63) is 12.2 Å². The van der Waals surface area contributed by atoms with Crippen LogP contribution in [0.1, 0.15) is 156 Å². The van der Waals surface area contributed by atoms with Crippen LogP contribution in [0.4, 0.5) is 0 Å². The summed E-state index contributed by atoms with van der Waals surface area (Å²) in [6, 6.07) is 0. The fourth-order valence-electron chi connectivity index (χ4n) is 4.59. The summed E-state index contributed by atoms with van der Waals surface area (Å²) < 4.78 is 22.4. The van der Waals surface area contributed by atoms with E-state index in [1.165, 1.54) is 89.5 Å². The number of carbonyl (C=O) groups is 1. The summed E-state index contributed by atoms with van der Waals surface area (Å²) in [4.78, 5) is 26.7. The van der Waals surface area contributed by atoms with Gasteiger partial charge in [-0.2, -0.15) is 0 Å². The second-order valence-corrected chi connectivity index (χ2v) is 13.0. The second kappa shape index (κ2) is 30.3. The van der Waals surface area contributed by atoms with Crippen LogP contribution in [0.2, 0.25) is 0 Å². The average molecular weight is 620 g/mol. The predicted octanol–water partition coefficient (Wildman–Crippen LogP) is 8.28. The molecule has 0 aromatic rings. The van der Waals surface area contributed by atoms with Crippen LogP contribution in [0.5, 0.6) is 0 Å². The minimum Gasteiger partial charge on any atom is -0.756 e. The molecule has 1 amide bonds. The normalized spacial score (nSPS) is 14.5. The van der Waals surface area contributed by atoms with Crippen molar-refractivity contribution in [2.24, 2.45) is 0 Å². The molecule has 0 rings (SSSR count). The lowest BCUT2D eigenvalue weighted by Crippen LogP contribution is -2.44. The summed E-state index contributed by atoms with van der Waals surface area (Å²) in [6.45, 7) is 4.75. The molecule has 8 nitrogen and oxygen atoms in total. The van der Waals surface area contributed by atoms with Crippen molar-refractivity contribution in [1.82, 2.24) is 10.2 Å². The highest BCUT2D eigenvalue weighted by Gasteiger charge is 2.25. The van der Waals surface area contributed by atoms with Crippen molar-refractivity contribution in [1.29, 1.82) is 0 Å². The molecule has 0 heterocycles. The monoisotopic (exact) mass is 619 g/mol. The summed E-state index contributed by atoms with van der Waals surface area (Å²) in [5.74, 6) is -0.342. The fourth-order valence-corrected chi connectivity index (χ4v) is 5.41. The molecule has 9 heteroatoms. The molecule has 2 N–H and O–H groups in total. The first kappa shape index (κ1) is 43.4. The number of amides is 1. The van der Waals surface area contributed by atoms with Crippen molar-refractivity contribution in [3.63, 3.8) is 0 Å². The maximum atomic E-state index is 12.5. The largest absolute Gasteiger partial charge is 0.756 e. The zero-order chi connectivity index (χ0) is 30.6. The molecule has 0 saturated heterocycles. The average Bonchev–Trinajstić information content (AvgIpc) is 2.91. The highest BCUT2D eigenvalue weighted by atomic mass is 31.2. The zero-order valence-corrected chi connectivity index (χ0v) is 27.9. The van der Waals surface area contributed by atoms with E-state index in [1.807, 2.05) is 6.08 Å². The Labute approximate surface area is 260 Å². The molecular formula is C33H68N2O6P-. The molecule has 0 aromatic carbocycles. The number of rotatable bonds is 30. The topological polar surface area (TPSA) is 111 Å². The van der Waals surface area contributed by atoms with E-state index in [-0.39, 0.29) is 26.4 Å². The van der Waals surface area contributed by atoms with Crippen LogP contribution in [0.15, 0.2) is 12.2 Å². The van der Waals surface area contributed by atoms with Gasteiger partial charge in [0.05, 0.1) is 6.61 Å². The molecule has 3 atom stereocenters. The minimum atomic E-state index is -4.72. The van der Waals surface area contributed by atoms with Gasteiger partial charge in [0, 0.05) is 13.0 Å². The van der Waals surface area contributed by atoms with Crippen LogP contribution in [0.25, 0.3) is 0 Å². The highest BCUT2D eigenvalue weighted by molar-refractivity contribution is 7.45. The lowest BCUT2D eigenvalue weighted by molar-refractivity contribution is -0.233. The number of aliphatic hydroxyl groups excluding tert-OH is 1. The van der Waals surface area contributed by atoms with Crippen LogP contribution in [0, 0.1) is 0 Å². The summed E-state index contributed by atoms with van der Waals surface area (Å²) in [5.41, 5.74) is 0. The van der Waals surface area contributed by atoms with Crippen LogP contribution in [-0.4, -0.2) is 55.5 Å². The summed E-state index contributed by atoms with van der Waals surface area (Å²) in [5, 5.41) is 13.2. The third-order valence-electron chi connectivity index (χ3n) is 7.21. The molecule has 0 spiro atoms. The Bertz CT molecular complexity index is 677. The molecule has 0 aliphatic heterocycles. The lowest BCUT2D eigenvalue weighted by atomic mass is 10.0. The first-order valence-corrected chi connectivity index (χ1v) is 18.1. The summed E-state index contributed by atoms with van der Waals surface area (Å²) >= 11 is 0. The van der Waals surface area contributed by atoms with Crippen molar-refractivity contribution in [3.8, 4) is 0 Å². The van der Waals surface area contributed by atoms with E-state index in [1.54, 1.807) is 19.0 Å². The molecule has 0 fully saturated rings. The molecule has 0 bridgehead atoms. The Morgan fingerprint density at radius 3 is 1.76 bits per heavy atom. The maximum Gasteiger partial charge on any atom is 0.269 e. The Kier molecular flexibility index (Phi) is 31.3. The lowest BCUT2D eigenvalue weighted by Gasteiger charge is -2.30. The number of hydrogen-bond acceptors (Lipinski definition) is 7. The predicted molar refractivity (Wildman–Crippen MR) is 175 cm³/mol. The van der Waals surface area contributed by atoms with Crippen LogP contribution >= 0.6 is 7.82 Å². The third-order valence-corrected chi connectivity index (χ3v) is 8.19. The number of aliphatic hydroxyl groups is 1. The Morgan fingerprint density at radius 1 is 0.833 bits per heavy atom. The second-order valence-electron chi connectivity index (χ2n) is 11.6. The molecule has 0 aromatic heterocycles. The van der Waals surface area contributed by atoms with Gasteiger partial charge in [-0.15, -0.1) is 0 Å². The van der Waals surface area contributed by atoms with Crippen molar-refractivity contribution < 1.29 is 28.4 Å². The SMILES string of the molecule is C.CCCCCCCCCCCCCC/C=C\C(O)C(NC(=O)CCCCCCCCC)OP(=O)([O-])OCCN(C)C. The van der Waals surface area contributed by atoms with E-state index in [4.69, 9.17) is 9.05 Å². The number of allylic oxidation sites excluding steroid dienone is 1. The van der Waals surface area contributed by atoms with E-state index in [2.05, 4.69) is 19.2 Å². The third kappa shape index (κ3) is 29.3. The number of nitrogens with zero attached hydrogens (tertiary/aromatic N) is 1. The van der Waals surface area contributed by atoms with Crippen molar-refractivity contribution >= 4 is 13.7 Å². The Hall–Kier alpha value is -0.760. The molecule has 0 aliphatic rings. The number of phosphoric acid groups is 1. The number of unbranched alkanes of at least 4 members (excludes halogenated alkanes) is 18. The Morgan fingerprint density at radius 2 is 1.29 bits per heavy atom. The summed E-state index contributed by atoms with van der Waals surface area (Å²) in [7, 11) is -1.11. The van der Waals surface area contributed by atoms with E-state index in [0.717, 1.165) is 38.5 Å². The molecule has 0 saturated carbocycles. The smallest absolute Gasteiger partial charge is 0.269 e. The minimum absolute atomic E-state index is 0. The van der Waals surface area contributed by atoms with E-state index in [9.17, 15) is 19.4 Å². The number of phosphoric ester groups is 1. The van der Waals surface area contributed by atoms with Crippen molar-refractivity contribution in [2.45, 2.75) is 168 Å². The van der Waals surface area contributed by atoms with E-state index in [0.29, 0.717) is 13.0 Å². The van der Waals surface area contributed by atoms with Crippen LogP contribution in [0.3, 0.4) is 0 Å². The number of carbonyl (C=O) groups excluding carboxylic acids is 1. The number of nitrogens with one attached hydrogen (secondary N) is 1. The van der Waals surface area contributed by atoms with Gasteiger partial charge >= 0.3 is 0 Å². The van der Waals surface area contributed by atoms with Gasteiger partial charge in [-0.3, -0.25) is 13.9 Å². The summed E-state index contributed by atoms with van der Waals surface area (Å²) in [6.07, 6.45) is 24.5. The van der Waals surface area contributed by atoms with Gasteiger partial charge in [-0.25, -0.2) is 0 Å². The molecular weight excluding hydrogens is 551 g/mol.